The monoisotopic (exact) mass is 455 g/mol. The lowest BCUT2D eigenvalue weighted by atomic mass is 9.98. The van der Waals surface area contributed by atoms with Gasteiger partial charge in [-0.25, -0.2) is 9.97 Å². The summed E-state index contributed by atoms with van der Waals surface area (Å²) in [6.07, 6.45) is 7.67. The standard InChI is InChI=1S/C27H25N3O4/c1-2-3-4-7-17-33-19-13-11-18(12-14-19)23-22-24(31)20-9-5-6-10-21(20)34-25(22)26(32)30(23)27-28-15-8-16-29-27/h5-6,8-16,23H,2-4,7,17H2,1H3. The first kappa shape index (κ1) is 21.8. The molecule has 3 heterocycles. The van der Waals surface area contributed by atoms with E-state index < -0.39 is 11.9 Å². The molecule has 1 amide bonds. The van der Waals surface area contributed by atoms with E-state index in [0.717, 1.165) is 24.2 Å². The highest BCUT2D eigenvalue weighted by molar-refractivity contribution is 6.09. The number of carbonyl (C=O) groups excluding carboxylic acids is 1. The quantitative estimate of drug-likeness (QED) is 0.336. The Balaban J connectivity index is 1.55. The topological polar surface area (TPSA) is 85.5 Å². The Morgan fingerprint density at radius 1 is 0.941 bits per heavy atom. The van der Waals surface area contributed by atoms with Crippen molar-refractivity contribution in [3.05, 3.63) is 94.1 Å². The smallest absolute Gasteiger partial charge is 0.297 e. The molecule has 0 radical (unpaired) electrons. The van der Waals surface area contributed by atoms with E-state index in [-0.39, 0.29) is 17.1 Å². The van der Waals surface area contributed by atoms with Gasteiger partial charge in [0.25, 0.3) is 5.91 Å². The third kappa shape index (κ3) is 3.94. The number of aromatic nitrogens is 2. The first-order chi connectivity index (χ1) is 16.7. The molecular weight excluding hydrogens is 430 g/mol. The number of rotatable bonds is 8. The molecule has 1 atom stereocenters. The molecule has 0 spiro atoms. The Hall–Kier alpha value is -4.00. The molecule has 0 aliphatic carbocycles. The molecule has 0 N–H and O–H groups in total. The molecule has 0 saturated heterocycles. The number of hydrogen-bond donors (Lipinski definition) is 0. The van der Waals surface area contributed by atoms with Crippen LogP contribution in [-0.2, 0) is 0 Å². The van der Waals surface area contributed by atoms with Crippen molar-refractivity contribution in [3.8, 4) is 5.75 Å². The molecule has 7 heteroatoms. The maximum atomic E-state index is 13.5. The molecule has 1 aliphatic rings. The van der Waals surface area contributed by atoms with E-state index in [1.807, 2.05) is 24.3 Å². The zero-order chi connectivity index (χ0) is 23.5. The first-order valence-corrected chi connectivity index (χ1v) is 11.6. The largest absolute Gasteiger partial charge is 0.494 e. The number of para-hydroxylation sites is 1. The molecule has 1 unspecified atom stereocenters. The van der Waals surface area contributed by atoms with Gasteiger partial charge in [0.2, 0.25) is 11.7 Å². The number of amides is 1. The summed E-state index contributed by atoms with van der Waals surface area (Å²) < 4.78 is 11.8. The van der Waals surface area contributed by atoms with Crippen molar-refractivity contribution < 1.29 is 13.9 Å². The van der Waals surface area contributed by atoms with E-state index in [4.69, 9.17) is 9.15 Å². The Morgan fingerprint density at radius 3 is 2.47 bits per heavy atom. The molecule has 0 fully saturated rings. The number of hydrogen-bond acceptors (Lipinski definition) is 6. The number of fused-ring (bicyclic) bond motifs is 2. The third-order valence-corrected chi connectivity index (χ3v) is 6.01. The van der Waals surface area contributed by atoms with Gasteiger partial charge in [0.1, 0.15) is 11.3 Å². The maximum absolute atomic E-state index is 13.5. The summed E-state index contributed by atoms with van der Waals surface area (Å²) in [5.41, 5.74) is 1.19. The molecule has 0 bridgehead atoms. The first-order valence-electron chi connectivity index (χ1n) is 11.6. The SMILES string of the molecule is CCCCCCOc1ccc(C2c3c(oc4ccccc4c3=O)C(=O)N2c2ncccn2)cc1. The molecular formula is C27H25N3O4. The number of nitrogens with zero attached hydrogens (tertiary/aromatic N) is 3. The number of ether oxygens (including phenoxy) is 1. The summed E-state index contributed by atoms with van der Waals surface area (Å²) in [6.45, 7) is 2.84. The van der Waals surface area contributed by atoms with Gasteiger partial charge in [-0.1, -0.05) is 50.5 Å². The van der Waals surface area contributed by atoms with Gasteiger partial charge in [0, 0.05) is 12.4 Å². The number of unbranched alkanes of at least 4 members (excludes halogenated alkanes) is 3. The molecule has 2 aromatic carbocycles. The second kappa shape index (κ2) is 9.47. The minimum atomic E-state index is -0.704. The summed E-state index contributed by atoms with van der Waals surface area (Å²) in [5.74, 6) is 0.546. The molecule has 34 heavy (non-hydrogen) atoms. The highest BCUT2D eigenvalue weighted by Gasteiger charge is 2.44. The summed E-state index contributed by atoms with van der Waals surface area (Å²) in [5, 5.41) is 0.432. The van der Waals surface area contributed by atoms with Crippen LogP contribution < -0.4 is 15.1 Å². The summed E-state index contributed by atoms with van der Waals surface area (Å²) in [4.78, 5) is 37.0. The van der Waals surface area contributed by atoms with Crippen LogP contribution in [0.1, 0.15) is 60.3 Å². The van der Waals surface area contributed by atoms with Crippen LogP contribution in [0.3, 0.4) is 0 Å². The van der Waals surface area contributed by atoms with E-state index in [0.29, 0.717) is 23.1 Å². The van der Waals surface area contributed by atoms with Crippen LogP contribution >= 0.6 is 0 Å². The summed E-state index contributed by atoms with van der Waals surface area (Å²) in [7, 11) is 0. The van der Waals surface area contributed by atoms with E-state index in [2.05, 4.69) is 16.9 Å². The van der Waals surface area contributed by atoms with E-state index >= 15 is 0 Å². The van der Waals surface area contributed by atoms with Gasteiger partial charge in [-0.15, -0.1) is 0 Å². The van der Waals surface area contributed by atoms with Crippen molar-refractivity contribution in [1.82, 2.24) is 9.97 Å². The van der Waals surface area contributed by atoms with Crippen LogP contribution in [0.2, 0.25) is 0 Å². The van der Waals surface area contributed by atoms with Crippen molar-refractivity contribution in [2.24, 2.45) is 0 Å². The van der Waals surface area contributed by atoms with Crippen molar-refractivity contribution in [3.63, 3.8) is 0 Å². The second-order valence-corrected chi connectivity index (χ2v) is 8.27. The van der Waals surface area contributed by atoms with Crippen molar-refractivity contribution in [2.45, 2.75) is 38.6 Å². The van der Waals surface area contributed by atoms with Crippen LogP contribution in [0.25, 0.3) is 11.0 Å². The van der Waals surface area contributed by atoms with Gasteiger partial charge in [-0.05, 0) is 42.3 Å². The predicted octanol–water partition coefficient (Wildman–Crippen LogP) is 5.29. The van der Waals surface area contributed by atoms with Crippen LogP contribution in [0, 0.1) is 0 Å². The van der Waals surface area contributed by atoms with E-state index in [1.54, 1.807) is 42.7 Å². The Morgan fingerprint density at radius 2 is 1.71 bits per heavy atom. The average Bonchev–Trinajstić information content (AvgIpc) is 3.17. The lowest BCUT2D eigenvalue weighted by Crippen LogP contribution is -2.31. The highest BCUT2D eigenvalue weighted by Crippen LogP contribution is 2.40. The average molecular weight is 456 g/mol. The molecule has 2 aromatic heterocycles. The van der Waals surface area contributed by atoms with Crippen LogP contribution in [-0.4, -0.2) is 22.5 Å². The van der Waals surface area contributed by atoms with Gasteiger partial charge in [0.05, 0.1) is 23.6 Å². The fraction of sp³-hybridized carbons (Fsp3) is 0.259. The van der Waals surface area contributed by atoms with E-state index in [9.17, 15) is 9.59 Å². The van der Waals surface area contributed by atoms with Gasteiger partial charge in [-0.2, -0.15) is 0 Å². The summed E-state index contributed by atoms with van der Waals surface area (Å²) in [6, 6.07) is 15.4. The Bertz CT molecular complexity index is 1370. The zero-order valence-electron chi connectivity index (χ0n) is 18.9. The molecule has 7 nitrogen and oxygen atoms in total. The molecule has 5 rings (SSSR count). The van der Waals surface area contributed by atoms with Gasteiger partial charge >= 0.3 is 0 Å². The number of benzene rings is 2. The second-order valence-electron chi connectivity index (χ2n) is 8.27. The van der Waals surface area contributed by atoms with Crippen molar-refractivity contribution >= 4 is 22.8 Å². The van der Waals surface area contributed by atoms with Gasteiger partial charge in [0.15, 0.2) is 5.43 Å². The van der Waals surface area contributed by atoms with Crippen molar-refractivity contribution in [2.75, 3.05) is 11.5 Å². The minimum absolute atomic E-state index is 0.0254. The zero-order valence-corrected chi connectivity index (χ0v) is 18.9. The molecule has 0 saturated carbocycles. The number of anilines is 1. The molecule has 172 valence electrons. The Labute approximate surface area is 197 Å². The minimum Gasteiger partial charge on any atom is -0.494 e. The normalized spacial score (nSPS) is 15.0. The fourth-order valence-electron chi connectivity index (χ4n) is 4.32. The predicted molar refractivity (Wildman–Crippen MR) is 129 cm³/mol. The summed E-state index contributed by atoms with van der Waals surface area (Å²) >= 11 is 0. The Kier molecular flexibility index (Phi) is 6.08. The van der Waals surface area contributed by atoms with Crippen molar-refractivity contribution in [1.29, 1.82) is 0 Å². The van der Waals surface area contributed by atoms with E-state index in [1.165, 1.54) is 17.7 Å². The fourth-order valence-corrected chi connectivity index (χ4v) is 4.32. The van der Waals surface area contributed by atoms with Crippen LogP contribution in [0.4, 0.5) is 5.95 Å². The van der Waals surface area contributed by atoms with Gasteiger partial charge in [-0.3, -0.25) is 14.5 Å². The highest BCUT2D eigenvalue weighted by atomic mass is 16.5. The maximum Gasteiger partial charge on any atom is 0.297 e. The number of carbonyl (C=O) groups is 1. The lowest BCUT2D eigenvalue weighted by Gasteiger charge is -2.23. The molecule has 1 aliphatic heterocycles. The lowest BCUT2D eigenvalue weighted by molar-refractivity contribution is 0.0969. The van der Waals surface area contributed by atoms with Gasteiger partial charge < -0.3 is 9.15 Å². The van der Waals surface area contributed by atoms with Crippen LogP contribution in [0.15, 0.2) is 76.2 Å². The third-order valence-electron chi connectivity index (χ3n) is 6.01. The molecule has 4 aromatic rings. The van der Waals surface area contributed by atoms with Crippen LogP contribution in [0.5, 0.6) is 5.75 Å².